The average Bonchev–Trinajstić information content (AvgIpc) is 2.05. The summed E-state index contributed by atoms with van der Waals surface area (Å²) in [5.41, 5.74) is 4.90. The van der Waals surface area contributed by atoms with Gasteiger partial charge in [0, 0.05) is 4.90 Å². The minimum atomic E-state index is -0.733. The van der Waals surface area contributed by atoms with Crippen LogP contribution in [0.4, 0.5) is 4.39 Å². The van der Waals surface area contributed by atoms with E-state index < -0.39 is 11.7 Å². The maximum Gasteiger partial charge on any atom is 0.251 e. The number of carbonyl (C=O) groups excluding carboxylic acids is 1. The molecular weight excluding hydrogens is 177 g/mol. The smallest absolute Gasteiger partial charge is 0.251 e. The third-order valence-electron chi connectivity index (χ3n) is 1.44. The van der Waals surface area contributed by atoms with Gasteiger partial charge < -0.3 is 5.73 Å². The van der Waals surface area contributed by atoms with Crippen molar-refractivity contribution < 1.29 is 9.18 Å². The molecule has 0 aliphatic carbocycles. The Morgan fingerprint density at radius 2 is 2.25 bits per heavy atom. The van der Waals surface area contributed by atoms with E-state index in [0.29, 0.717) is 0 Å². The van der Waals surface area contributed by atoms with Gasteiger partial charge in [0.25, 0.3) is 5.91 Å². The predicted octanol–water partition coefficient (Wildman–Crippen LogP) is 1.65. The van der Waals surface area contributed by atoms with Crippen molar-refractivity contribution in [3.63, 3.8) is 0 Å². The molecule has 0 atom stereocenters. The van der Waals surface area contributed by atoms with Crippen molar-refractivity contribution in [2.75, 3.05) is 6.26 Å². The van der Waals surface area contributed by atoms with Crippen LogP contribution < -0.4 is 5.73 Å². The SMILES string of the molecule is CSc1ccc(F)c(C(N)=O)c1. The minimum absolute atomic E-state index is 0.0538. The number of halogens is 1. The predicted molar refractivity (Wildman–Crippen MR) is 46.7 cm³/mol. The zero-order valence-corrected chi connectivity index (χ0v) is 7.32. The number of carbonyl (C=O) groups is 1. The third-order valence-corrected chi connectivity index (χ3v) is 2.16. The standard InChI is InChI=1S/C8H8FNOS/c1-12-5-2-3-7(9)6(4-5)8(10)11/h2-4H,1H3,(H2,10,11). The zero-order valence-electron chi connectivity index (χ0n) is 6.50. The van der Waals surface area contributed by atoms with Crippen molar-refractivity contribution in [2.24, 2.45) is 5.73 Å². The molecule has 1 aromatic carbocycles. The van der Waals surface area contributed by atoms with Crippen LogP contribution in [-0.2, 0) is 0 Å². The molecule has 12 heavy (non-hydrogen) atoms. The molecule has 0 fully saturated rings. The Bertz CT molecular complexity index is 314. The maximum atomic E-state index is 12.8. The topological polar surface area (TPSA) is 43.1 Å². The fraction of sp³-hybridized carbons (Fsp3) is 0.125. The highest BCUT2D eigenvalue weighted by molar-refractivity contribution is 7.98. The van der Waals surface area contributed by atoms with Crippen LogP contribution in [0, 0.1) is 5.82 Å². The molecule has 1 amide bonds. The van der Waals surface area contributed by atoms with Crippen molar-refractivity contribution >= 4 is 17.7 Å². The van der Waals surface area contributed by atoms with E-state index in [4.69, 9.17) is 5.73 Å². The molecule has 0 aromatic heterocycles. The summed E-state index contributed by atoms with van der Waals surface area (Å²) in [6.45, 7) is 0. The molecule has 1 rings (SSSR count). The van der Waals surface area contributed by atoms with Gasteiger partial charge in [0.15, 0.2) is 0 Å². The number of rotatable bonds is 2. The Labute approximate surface area is 74.0 Å². The number of hydrogen-bond acceptors (Lipinski definition) is 2. The molecule has 2 nitrogen and oxygen atoms in total. The van der Waals surface area contributed by atoms with Crippen molar-refractivity contribution in [1.82, 2.24) is 0 Å². The van der Waals surface area contributed by atoms with Crippen molar-refractivity contribution in [3.8, 4) is 0 Å². The fourth-order valence-corrected chi connectivity index (χ4v) is 1.26. The molecule has 0 saturated heterocycles. The number of amides is 1. The monoisotopic (exact) mass is 185 g/mol. The van der Waals surface area contributed by atoms with E-state index in [0.717, 1.165) is 4.90 Å². The summed E-state index contributed by atoms with van der Waals surface area (Å²) in [6, 6.07) is 4.29. The molecule has 0 radical (unpaired) electrons. The van der Waals surface area contributed by atoms with Gasteiger partial charge in [-0.1, -0.05) is 0 Å². The molecule has 64 valence electrons. The molecule has 0 bridgehead atoms. The molecule has 1 aromatic rings. The first kappa shape index (κ1) is 9.06. The molecule has 2 N–H and O–H groups in total. The van der Waals surface area contributed by atoms with Crippen LogP contribution >= 0.6 is 11.8 Å². The molecule has 4 heteroatoms. The first-order valence-corrected chi connectivity index (χ1v) is 4.51. The normalized spacial score (nSPS) is 9.83. The zero-order chi connectivity index (χ0) is 9.14. The summed E-state index contributed by atoms with van der Waals surface area (Å²) in [6.07, 6.45) is 1.85. The van der Waals surface area contributed by atoms with E-state index in [-0.39, 0.29) is 5.56 Å². The van der Waals surface area contributed by atoms with Gasteiger partial charge >= 0.3 is 0 Å². The molecule has 0 spiro atoms. The molecular formula is C8H8FNOS. The lowest BCUT2D eigenvalue weighted by atomic mass is 10.2. The largest absolute Gasteiger partial charge is 0.366 e. The van der Waals surface area contributed by atoms with Crippen molar-refractivity contribution in [2.45, 2.75) is 4.90 Å². The summed E-state index contributed by atoms with van der Waals surface area (Å²) in [4.78, 5) is 11.5. The number of primary amides is 1. The van der Waals surface area contributed by atoms with Gasteiger partial charge in [0.2, 0.25) is 0 Å². The number of benzene rings is 1. The number of thioether (sulfide) groups is 1. The van der Waals surface area contributed by atoms with Gasteiger partial charge in [-0.25, -0.2) is 4.39 Å². The molecule has 0 heterocycles. The van der Waals surface area contributed by atoms with Crippen LogP contribution in [0.15, 0.2) is 23.1 Å². The summed E-state index contributed by atoms with van der Waals surface area (Å²) >= 11 is 1.43. The van der Waals surface area contributed by atoms with Gasteiger partial charge in [-0.2, -0.15) is 0 Å². The van der Waals surface area contributed by atoms with E-state index in [2.05, 4.69) is 0 Å². The molecule has 0 saturated carbocycles. The second kappa shape index (κ2) is 3.58. The third kappa shape index (κ3) is 1.76. The molecule has 0 unspecified atom stereocenters. The Morgan fingerprint density at radius 1 is 1.58 bits per heavy atom. The number of hydrogen-bond donors (Lipinski definition) is 1. The van der Waals surface area contributed by atoms with E-state index in [1.54, 1.807) is 6.07 Å². The van der Waals surface area contributed by atoms with Gasteiger partial charge in [0.1, 0.15) is 5.82 Å². The van der Waals surface area contributed by atoms with Gasteiger partial charge in [0.05, 0.1) is 5.56 Å². The highest BCUT2D eigenvalue weighted by atomic mass is 32.2. The first-order valence-electron chi connectivity index (χ1n) is 3.28. The Balaban J connectivity index is 3.17. The first-order chi connectivity index (χ1) is 5.65. The summed E-state index contributed by atoms with van der Waals surface area (Å²) < 4.78 is 12.8. The van der Waals surface area contributed by atoms with E-state index in [1.807, 2.05) is 6.26 Å². The van der Waals surface area contributed by atoms with Crippen LogP contribution in [0.25, 0.3) is 0 Å². The van der Waals surface area contributed by atoms with E-state index in [1.165, 1.54) is 23.9 Å². The van der Waals surface area contributed by atoms with Crippen molar-refractivity contribution in [3.05, 3.63) is 29.6 Å². The highest BCUT2D eigenvalue weighted by Crippen LogP contribution is 2.17. The quantitative estimate of drug-likeness (QED) is 0.712. The van der Waals surface area contributed by atoms with E-state index in [9.17, 15) is 9.18 Å². The lowest BCUT2D eigenvalue weighted by Crippen LogP contribution is -2.12. The second-order valence-corrected chi connectivity index (χ2v) is 3.09. The molecule has 0 aliphatic rings. The lowest BCUT2D eigenvalue weighted by Gasteiger charge is -2.00. The van der Waals surface area contributed by atoms with Gasteiger partial charge in [-0.05, 0) is 24.5 Å². The van der Waals surface area contributed by atoms with E-state index >= 15 is 0 Å². The van der Waals surface area contributed by atoms with Crippen LogP contribution in [0.1, 0.15) is 10.4 Å². The summed E-state index contributed by atoms with van der Waals surface area (Å²) in [5, 5.41) is 0. The van der Waals surface area contributed by atoms with Crippen LogP contribution in [0.2, 0.25) is 0 Å². The number of nitrogens with two attached hydrogens (primary N) is 1. The van der Waals surface area contributed by atoms with Gasteiger partial charge in [-0.15, -0.1) is 11.8 Å². The van der Waals surface area contributed by atoms with Crippen molar-refractivity contribution in [1.29, 1.82) is 0 Å². The average molecular weight is 185 g/mol. The Kier molecular flexibility index (Phi) is 2.70. The Hall–Kier alpha value is -1.03. The maximum absolute atomic E-state index is 12.8. The second-order valence-electron chi connectivity index (χ2n) is 2.21. The minimum Gasteiger partial charge on any atom is -0.366 e. The Morgan fingerprint density at radius 3 is 2.75 bits per heavy atom. The lowest BCUT2D eigenvalue weighted by molar-refractivity contribution is 0.0996. The van der Waals surface area contributed by atoms with Crippen LogP contribution in [0.3, 0.4) is 0 Å². The summed E-state index contributed by atoms with van der Waals surface area (Å²) in [7, 11) is 0. The highest BCUT2D eigenvalue weighted by Gasteiger charge is 2.07. The van der Waals surface area contributed by atoms with Crippen LogP contribution in [-0.4, -0.2) is 12.2 Å². The fourth-order valence-electron chi connectivity index (χ4n) is 0.820. The summed E-state index contributed by atoms with van der Waals surface area (Å²) in [5.74, 6) is -1.30. The molecule has 0 aliphatic heterocycles. The van der Waals surface area contributed by atoms with Gasteiger partial charge in [-0.3, -0.25) is 4.79 Å². The van der Waals surface area contributed by atoms with Crippen LogP contribution in [0.5, 0.6) is 0 Å².